The van der Waals surface area contributed by atoms with Crippen molar-refractivity contribution >= 4 is 5.91 Å². The average Bonchev–Trinajstić information content (AvgIpc) is 2.46. The van der Waals surface area contributed by atoms with Crippen molar-refractivity contribution < 1.29 is 14.6 Å². The van der Waals surface area contributed by atoms with Crippen molar-refractivity contribution in [1.29, 1.82) is 0 Å². The van der Waals surface area contributed by atoms with Crippen LogP contribution in [0.3, 0.4) is 0 Å². The highest BCUT2D eigenvalue weighted by Gasteiger charge is 2.26. The molecule has 1 aliphatic rings. The molecule has 1 fully saturated rings. The molecule has 1 aromatic rings. The van der Waals surface area contributed by atoms with E-state index >= 15 is 0 Å². The second-order valence-corrected chi connectivity index (χ2v) is 5.32. The van der Waals surface area contributed by atoms with Crippen LogP contribution in [0.25, 0.3) is 0 Å². The highest BCUT2D eigenvalue weighted by Crippen LogP contribution is 2.15. The number of aliphatic hydroxyl groups is 1. The van der Waals surface area contributed by atoms with Crippen LogP contribution in [0.1, 0.15) is 36.2 Å². The maximum Gasteiger partial charge on any atom is 0.254 e. The summed E-state index contributed by atoms with van der Waals surface area (Å²) in [5.74, 6) is 5.84. The smallest absolute Gasteiger partial charge is 0.254 e. The number of nitrogens with zero attached hydrogens (tertiary/aromatic N) is 1. The number of carbonyl (C=O) groups is 1. The zero-order chi connectivity index (χ0) is 15.2. The topological polar surface area (TPSA) is 49.8 Å². The molecule has 1 amide bonds. The minimum atomic E-state index is 0.0165. The first-order valence-corrected chi connectivity index (χ1v) is 7.24. The summed E-state index contributed by atoms with van der Waals surface area (Å²) in [5.41, 5.74) is 1.44. The van der Waals surface area contributed by atoms with E-state index in [-0.39, 0.29) is 24.7 Å². The number of hydrogen-bond donors (Lipinski definition) is 1. The van der Waals surface area contributed by atoms with Crippen LogP contribution in [0.15, 0.2) is 24.3 Å². The van der Waals surface area contributed by atoms with E-state index in [1.165, 1.54) is 0 Å². The predicted octanol–water partition coefficient (Wildman–Crippen LogP) is 1.67. The third-order valence-electron chi connectivity index (χ3n) is 3.29. The molecule has 0 aromatic heterocycles. The molecule has 0 radical (unpaired) electrons. The van der Waals surface area contributed by atoms with Gasteiger partial charge in [0.05, 0.1) is 18.8 Å². The minimum absolute atomic E-state index is 0.0165. The number of carbonyl (C=O) groups excluding carboxylic acids is 1. The molecular formula is C17H21NO3. The zero-order valence-corrected chi connectivity index (χ0v) is 12.5. The van der Waals surface area contributed by atoms with E-state index in [0.717, 1.165) is 5.56 Å². The van der Waals surface area contributed by atoms with Crippen molar-refractivity contribution in [2.45, 2.75) is 32.5 Å². The minimum Gasteiger partial charge on any atom is -0.395 e. The molecular weight excluding hydrogens is 266 g/mol. The summed E-state index contributed by atoms with van der Waals surface area (Å²) in [6.07, 6.45) is 0.562. The van der Waals surface area contributed by atoms with Gasteiger partial charge in [-0.05, 0) is 32.0 Å². The number of benzene rings is 1. The lowest BCUT2D eigenvalue weighted by Crippen LogP contribution is -2.48. The Kier molecular flexibility index (Phi) is 5.38. The lowest BCUT2D eigenvalue weighted by atomic mass is 10.1. The van der Waals surface area contributed by atoms with Crippen molar-refractivity contribution in [3.8, 4) is 11.8 Å². The summed E-state index contributed by atoms with van der Waals surface area (Å²) < 4.78 is 5.65. The normalized spacial score (nSPS) is 21.6. The van der Waals surface area contributed by atoms with Gasteiger partial charge in [0, 0.05) is 30.6 Å². The Bertz CT molecular complexity index is 549. The van der Waals surface area contributed by atoms with Crippen LogP contribution in [0, 0.1) is 11.8 Å². The van der Waals surface area contributed by atoms with Gasteiger partial charge in [-0.25, -0.2) is 0 Å². The quantitative estimate of drug-likeness (QED) is 0.842. The van der Waals surface area contributed by atoms with Gasteiger partial charge in [-0.15, -0.1) is 0 Å². The molecule has 1 heterocycles. The average molecular weight is 287 g/mol. The highest BCUT2D eigenvalue weighted by molar-refractivity contribution is 5.94. The van der Waals surface area contributed by atoms with E-state index < -0.39 is 0 Å². The Morgan fingerprint density at radius 2 is 2.10 bits per heavy atom. The molecule has 0 spiro atoms. The van der Waals surface area contributed by atoms with Gasteiger partial charge < -0.3 is 14.7 Å². The van der Waals surface area contributed by atoms with E-state index in [9.17, 15) is 4.79 Å². The second kappa shape index (κ2) is 7.26. The molecule has 0 saturated carbocycles. The van der Waals surface area contributed by atoms with Crippen LogP contribution in [-0.2, 0) is 4.74 Å². The summed E-state index contributed by atoms with van der Waals surface area (Å²) in [5, 5.41) is 8.73. The van der Waals surface area contributed by atoms with Gasteiger partial charge in [-0.1, -0.05) is 17.9 Å². The SMILES string of the molecule is CC1CN(C(=O)c2cccc(C#CCCO)c2)CC(C)O1. The highest BCUT2D eigenvalue weighted by atomic mass is 16.5. The molecule has 1 aliphatic heterocycles. The molecule has 2 unspecified atom stereocenters. The Balaban J connectivity index is 2.12. The van der Waals surface area contributed by atoms with Crippen LogP contribution in [0.4, 0.5) is 0 Å². The molecule has 2 rings (SSSR count). The van der Waals surface area contributed by atoms with Gasteiger partial charge >= 0.3 is 0 Å². The summed E-state index contributed by atoms with van der Waals surface area (Å²) in [6.45, 7) is 5.24. The molecule has 21 heavy (non-hydrogen) atoms. The number of aliphatic hydroxyl groups excluding tert-OH is 1. The standard InChI is InChI=1S/C17H21NO3/c1-13-11-18(12-14(2)21-13)17(20)16-8-5-7-15(10-16)6-3-4-9-19/h5,7-8,10,13-14,19H,4,9,11-12H2,1-2H3. The van der Waals surface area contributed by atoms with E-state index in [0.29, 0.717) is 25.1 Å². The first-order chi connectivity index (χ1) is 10.1. The Morgan fingerprint density at radius 3 is 2.76 bits per heavy atom. The van der Waals surface area contributed by atoms with Crippen molar-refractivity contribution in [3.05, 3.63) is 35.4 Å². The van der Waals surface area contributed by atoms with Crippen LogP contribution < -0.4 is 0 Å². The molecule has 2 atom stereocenters. The Morgan fingerprint density at radius 1 is 1.38 bits per heavy atom. The van der Waals surface area contributed by atoms with Crippen LogP contribution in [0.5, 0.6) is 0 Å². The van der Waals surface area contributed by atoms with E-state index in [1.54, 1.807) is 6.07 Å². The third-order valence-corrected chi connectivity index (χ3v) is 3.29. The van der Waals surface area contributed by atoms with E-state index in [1.807, 2.05) is 36.9 Å². The second-order valence-electron chi connectivity index (χ2n) is 5.32. The fourth-order valence-electron chi connectivity index (χ4n) is 2.48. The van der Waals surface area contributed by atoms with Gasteiger partial charge in [-0.2, -0.15) is 0 Å². The molecule has 0 aliphatic carbocycles. The Hall–Kier alpha value is -1.83. The van der Waals surface area contributed by atoms with Crippen LogP contribution in [-0.4, -0.2) is 47.8 Å². The number of hydrogen-bond acceptors (Lipinski definition) is 3. The third kappa shape index (κ3) is 4.32. The summed E-state index contributed by atoms with van der Waals surface area (Å²) in [4.78, 5) is 14.4. The van der Waals surface area contributed by atoms with Gasteiger partial charge in [-0.3, -0.25) is 4.79 Å². The summed E-state index contributed by atoms with van der Waals surface area (Å²) in [6, 6.07) is 7.32. The van der Waals surface area contributed by atoms with Crippen LogP contribution >= 0.6 is 0 Å². The molecule has 1 aromatic carbocycles. The lowest BCUT2D eigenvalue weighted by molar-refractivity contribution is -0.0586. The van der Waals surface area contributed by atoms with Gasteiger partial charge in [0.2, 0.25) is 0 Å². The lowest BCUT2D eigenvalue weighted by Gasteiger charge is -2.35. The fraction of sp³-hybridized carbons (Fsp3) is 0.471. The van der Waals surface area contributed by atoms with Gasteiger partial charge in [0.1, 0.15) is 0 Å². The zero-order valence-electron chi connectivity index (χ0n) is 12.5. The van der Waals surface area contributed by atoms with Gasteiger partial charge in [0.15, 0.2) is 0 Å². The maximum atomic E-state index is 12.6. The fourth-order valence-corrected chi connectivity index (χ4v) is 2.48. The number of morpholine rings is 1. The summed E-state index contributed by atoms with van der Waals surface area (Å²) >= 11 is 0. The summed E-state index contributed by atoms with van der Waals surface area (Å²) in [7, 11) is 0. The predicted molar refractivity (Wildman–Crippen MR) is 80.9 cm³/mol. The van der Waals surface area contributed by atoms with Crippen molar-refractivity contribution in [3.63, 3.8) is 0 Å². The van der Waals surface area contributed by atoms with E-state index in [2.05, 4.69) is 11.8 Å². The van der Waals surface area contributed by atoms with Crippen molar-refractivity contribution in [1.82, 2.24) is 4.90 Å². The molecule has 1 saturated heterocycles. The van der Waals surface area contributed by atoms with Crippen molar-refractivity contribution in [2.75, 3.05) is 19.7 Å². The van der Waals surface area contributed by atoms with E-state index in [4.69, 9.17) is 9.84 Å². The maximum absolute atomic E-state index is 12.6. The number of amides is 1. The first-order valence-electron chi connectivity index (χ1n) is 7.24. The number of ether oxygens (including phenoxy) is 1. The van der Waals surface area contributed by atoms with Gasteiger partial charge in [0.25, 0.3) is 5.91 Å². The monoisotopic (exact) mass is 287 g/mol. The first kappa shape index (κ1) is 15.6. The molecule has 112 valence electrons. The molecule has 4 nitrogen and oxygen atoms in total. The number of rotatable bonds is 2. The molecule has 4 heteroatoms. The molecule has 1 N–H and O–H groups in total. The Labute approximate surface area is 125 Å². The largest absolute Gasteiger partial charge is 0.395 e. The molecule has 0 bridgehead atoms. The van der Waals surface area contributed by atoms with Crippen molar-refractivity contribution in [2.24, 2.45) is 0 Å². The van der Waals surface area contributed by atoms with Crippen LogP contribution in [0.2, 0.25) is 0 Å².